The number of nitrogens with two attached hydrogens (primary N) is 2. The minimum absolute atomic E-state index is 0.388. The molecule has 1 fully saturated rings. The summed E-state index contributed by atoms with van der Waals surface area (Å²) in [5, 5.41) is 1.38. The molecule has 3 aliphatic rings. The van der Waals surface area contributed by atoms with Crippen molar-refractivity contribution in [2.24, 2.45) is 16.5 Å². The highest BCUT2D eigenvalue weighted by molar-refractivity contribution is 8.04. The van der Waals surface area contributed by atoms with Crippen molar-refractivity contribution >= 4 is 52.3 Å². The first-order valence-electron chi connectivity index (χ1n) is 10.7. The SMILES string of the molecule is NC1SC2=C(C(N)N(c3ccc(C(F)(F)F)cc3)C(N3CCOCC3)=N2)N1c1c(Cl)cccc1Cl. The molecule has 0 aliphatic carbocycles. The Balaban J connectivity index is 1.62. The number of hydrogen-bond donors (Lipinski definition) is 2. The summed E-state index contributed by atoms with van der Waals surface area (Å²) in [7, 11) is 0. The van der Waals surface area contributed by atoms with Gasteiger partial charge in [-0.15, -0.1) is 0 Å². The average Bonchev–Trinajstić information content (AvgIpc) is 3.15. The molecule has 2 atom stereocenters. The third-order valence-electron chi connectivity index (χ3n) is 5.89. The number of rotatable bonds is 2. The van der Waals surface area contributed by atoms with E-state index in [4.69, 9.17) is 44.4 Å². The highest BCUT2D eigenvalue weighted by Gasteiger charge is 2.44. The maximum absolute atomic E-state index is 13.2. The highest BCUT2D eigenvalue weighted by Crippen LogP contribution is 2.48. The van der Waals surface area contributed by atoms with Crippen molar-refractivity contribution in [3.63, 3.8) is 0 Å². The van der Waals surface area contributed by atoms with Crippen LogP contribution in [0.2, 0.25) is 10.0 Å². The molecular weight excluding hydrogens is 524 g/mol. The van der Waals surface area contributed by atoms with E-state index in [1.54, 1.807) is 28.0 Å². The molecule has 3 aliphatic heterocycles. The van der Waals surface area contributed by atoms with Crippen molar-refractivity contribution in [2.45, 2.75) is 17.8 Å². The van der Waals surface area contributed by atoms with Crippen molar-refractivity contribution in [2.75, 3.05) is 36.1 Å². The zero-order valence-electron chi connectivity index (χ0n) is 18.2. The monoisotopic (exact) mass is 544 g/mol. The number of halogens is 5. The van der Waals surface area contributed by atoms with Gasteiger partial charge < -0.3 is 26.0 Å². The summed E-state index contributed by atoms with van der Waals surface area (Å²) < 4.78 is 45.1. The Hall–Kier alpha value is -2.15. The number of hydrogen-bond acceptors (Lipinski definition) is 8. The standard InChI is InChI=1S/C22H21Cl2F3N6OS/c23-14-2-1-3-15(24)16(14)33-17-18(28)32(13-6-4-12(5-7-13)22(25,26)27)21(30-19(17)35-20(33)29)31-8-10-34-11-9-31/h1-7,18,20H,8-11,28-29H2. The first-order valence-corrected chi connectivity index (χ1v) is 12.3. The maximum Gasteiger partial charge on any atom is 0.416 e. The van der Waals surface area contributed by atoms with Gasteiger partial charge in [-0.1, -0.05) is 41.0 Å². The molecule has 35 heavy (non-hydrogen) atoms. The number of morpholine rings is 1. The summed E-state index contributed by atoms with van der Waals surface area (Å²) in [5.41, 5.74) is 13.5. The van der Waals surface area contributed by atoms with Gasteiger partial charge in [0.1, 0.15) is 16.7 Å². The predicted octanol–water partition coefficient (Wildman–Crippen LogP) is 4.47. The van der Waals surface area contributed by atoms with Gasteiger partial charge in [0.05, 0.1) is 40.2 Å². The number of benzene rings is 2. The summed E-state index contributed by atoms with van der Waals surface area (Å²) >= 11 is 14.3. The third-order valence-corrected chi connectivity index (χ3v) is 7.47. The minimum Gasteiger partial charge on any atom is -0.378 e. The van der Waals surface area contributed by atoms with E-state index in [0.717, 1.165) is 12.1 Å². The Morgan fingerprint density at radius 3 is 2.20 bits per heavy atom. The van der Waals surface area contributed by atoms with Gasteiger partial charge in [-0.05, 0) is 36.4 Å². The summed E-state index contributed by atoms with van der Waals surface area (Å²) in [6, 6.07) is 9.95. The van der Waals surface area contributed by atoms with Crippen LogP contribution < -0.4 is 21.3 Å². The summed E-state index contributed by atoms with van der Waals surface area (Å²) in [5.74, 6) is 0.520. The third kappa shape index (κ3) is 4.45. The molecule has 0 spiro atoms. The van der Waals surface area contributed by atoms with Crippen molar-refractivity contribution in [1.29, 1.82) is 0 Å². The van der Waals surface area contributed by atoms with Crippen LogP contribution in [0.3, 0.4) is 0 Å². The lowest BCUT2D eigenvalue weighted by Gasteiger charge is -2.43. The summed E-state index contributed by atoms with van der Waals surface area (Å²) in [6.07, 6.45) is -5.28. The van der Waals surface area contributed by atoms with Crippen LogP contribution in [0, 0.1) is 0 Å². The predicted molar refractivity (Wildman–Crippen MR) is 133 cm³/mol. The molecule has 7 nitrogen and oxygen atoms in total. The number of aliphatic imine (C=N–C) groups is 1. The second kappa shape index (κ2) is 9.38. The molecule has 0 aromatic heterocycles. The smallest absolute Gasteiger partial charge is 0.378 e. The number of guanidine groups is 1. The average molecular weight is 545 g/mol. The number of para-hydroxylation sites is 1. The topological polar surface area (TPSA) is 83.3 Å². The molecule has 5 rings (SSSR count). The minimum atomic E-state index is -4.45. The van der Waals surface area contributed by atoms with Crippen molar-refractivity contribution in [3.8, 4) is 0 Å². The lowest BCUT2D eigenvalue weighted by molar-refractivity contribution is -0.137. The van der Waals surface area contributed by atoms with Gasteiger partial charge in [-0.3, -0.25) is 4.90 Å². The molecule has 2 unspecified atom stereocenters. The highest BCUT2D eigenvalue weighted by atomic mass is 35.5. The number of anilines is 2. The number of nitrogens with zero attached hydrogens (tertiary/aromatic N) is 4. The van der Waals surface area contributed by atoms with Crippen LogP contribution in [0.1, 0.15) is 5.56 Å². The fourth-order valence-electron chi connectivity index (χ4n) is 4.25. The molecule has 0 radical (unpaired) electrons. The molecule has 0 saturated carbocycles. The molecule has 0 bridgehead atoms. The first kappa shape index (κ1) is 24.5. The molecule has 3 heterocycles. The molecular formula is C22H21Cl2F3N6OS. The van der Waals surface area contributed by atoms with Crippen LogP contribution >= 0.6 is 35.0 Å². The fraction of sp³-hybridized carbons (Fsp3) is 0.318. The Morgan fingerprint density at radius 1 is 0.971 bits per heavy atom. The van der Waals surface area contributed by atoms with Crippen LogP contribution in [0.15, 0.2) is 58.2 Å². The number of alkyl halides is 3. The number of ether oxygens (including phenoxy) is 1. The molecule has 1 saturated heterocycles. The van der Waals surface area contributed by atoms with Crippen LogP contribution in [-0.4, -0.2) is 48.8 Å². The summed E-state index contributed by atoms with van der Waals surface area (Å²) in [6.45, 7) is 2.11. The first-order chi connectivity index (χ1) is 16.7. The quantitative estimate of drug-likeness (QED) is 0.577. The zero-order valence-corrected chi connectivity index (χ0v) is 20.5. The van der Waals surface area contributed by atoms with E-state index in [9.17, 15) is 13.2 Å². The van der Waals surface area contributed by atoms with Gasteiger partial charge in [0.15, 0.2) is 0 Å². The van der Waals surface area contributed by atoms with Gasteiger partial charge in [0.2, 0.25) is 5.96 Å². The van der Waals surface area contributed by atoms with E-state index in [1.807, 2.05) is 4.90 Å². The van der Waals surface area contributed by atoms with Gasteiger partial charge in [0.25, 0.3) is 0 Å². The Labute approximate surface area is 214 Å². The van der Waals surface area contributed by atoms with E-state index in [2.05, 4.69) is 0 Å². The van der Waals surface area contributed by atoms with E-state index in [0.29, 0.717) is 64.4 Å². The number of thioether (sulfide) groups is 1. The normalized spacial score (nSPS) is 23.1. The molecule has 2 aromatic carbocycles. The summed E-state index contributed by atoms with van der Waals surface area (Å²) in [4.78, 5) is 10.3. The van der Waals surface area contributed by atoms with E-state index < -0.39 is 23.4 Å². The molecule has 2 aromatic rings. The maximum atomic E-state index is 13.2. The van der Waals surface area contributed by atoms with Crippen LogP contribution in [0.5, 0.6) is 0 Å². The Kier molecular flexibility index (Phi) is 6.58. The molecule has 0 amide bonds. The lowest BCUT2D eigenvalue weighted by Crippen LogP contribution is -2.59. The van der Waals surface area contributed by atoms with E-state index in [1.165, 1.54) is 23.9 Å². The Bertz CT molecular complexity index is 1170. The van der Waals surface area contributed by atoms with Crippen molar-refractivity contribution in [1.82, 2.24) is 4.90 Å². The van der Waals surface area contributed by atoms with Gasteiger partial charge >= 0.3 is 6.18 Å². The van der Waals surface area contributed by atoms with E-state index in [-0.39, 0.29) is 0 Å². The lowest BCUT2D eigenvalue weighted by atomic mass is 10.1. The van der Waals surface area contributed by atoms with Crippen molar-refractivity contribution < 1.29 is 17.9 Å². The van der Waals surface area contributed by atoms with Gasteiger partial charge in [-0.2, -0.15) is 13.2 Å². The van der Waals surface area contributed by atoms with E-state index >= 15 is 0 Å². The second-order valence-corrected chi connectivity index (χ2v) is 9.93. The zero-order chi connectivity index (χ0) is 24.9. The molecule has 4 N–H and O–H groups in total. The van der Waals surface area contributed by atoms with Crippen LogP contribution in [0.4, 0.5) is 24.5 Å². The van der Waals surface area contributed by atoms with Gasteiger partial charge in [-0.25, -0.2) is 4.99 Å². The fourth-order valence-corrected chi connectivity index (χ4v) is 5.86. The molecule has 186 valence electrons. The molecule has 13 heteroatoms. The van der Waals surface area contributed by atoms with Gasteiger partial charge in [0, 0.05) is 18.8 Å². The van der Waals surface area contributed by atoms with Crippen LogP contribution in [-0.2, 0) is 10.9 Å². The van der Waals surface area contributed by atoms with Crippen LogP contribution in [0.25, 0.3) is 0 Å². The second-order valence-electron chi connectivity index (χ2n) is 8.01. The Morgan fingerprint density at radius 2 is 1.60 bits per heavy atom. The largest absolute Gasteiger partial charge is 0.416 e. The van der Waals surface area contributed by atoms with Crippen molar-refractivity contribution in [3.05, 3.63) is 68.8 Å².